The lowest BCUT2D eigenvalue weighted by molar-refractivity contribution is 0.281. The predicted octanol–water partition coefficient (Wildman–Crippen LogP) is 2.72. The highest BCUT2D eigenvalue weighted by Crippen LogP contribution is 2.31. The lowest BCUT2D eigenvalue weighted by Crippen LogP contribution is -2.14. The summed E-state index contributed by atoms with van der Waals surface area (Å²) in [6.07, 6.45) is 2.44. The zero-order chi connectivity index (χ0) is 11.4. The molecule has 0 aliphatic heterocycles. The van der Waals surface area contributed by atoms with Crippen molar-refractivity contribution >= 4 is 0 Å². The monoisotopic (exact) mass is 223 g/mol. The molecule has 0 amide bonds. The van der Waals surface area contributed by atoms with E-state index in [-0.39, 0.29) is 5.82 Å². The maximum absolute atomic E-state index is 13.6. The lowest BCUT2D eigenvalue weighted by atomic mass is 10.2. The number of nitrogens with one attached hydrogen (secondary N) is 1. The van der Waals surface area contributed by atoms with Gasteiger partial charge in [0.05, 0.1) is 6.61 Å². The van der Waals surface area contributed by atoms with Gasteiger partial charge in [0, 0.05) is 12.1 Å². The number of halogens is 1. The molecular weight excluding hydrogens is 205 g/mol. The van der Waals surface area contributed by atoms with Crippen LogP contribution in [0.5, 0.6) is 5.75 Å². The summed E-state index contributed by atoms with van der Waals surface area (Å²) in [5.74, 6) is 0.818. The van der Waals surface area contributed by atoms with E-state index < -0.39 is 0 Å². The van der Waals surface area contributed by atoms with Gasteiger partial charge in [-0.1, -0.05) is 19.1 Å². The van der Waals surface area contributed by atoms with E-state index in [1.807, 2.05) is 13.0 Å². The third-order valence-electron chi connectivity index (χ3n) is 2.77. The normalized spacial score (nSPS) is 15.1. The fraction of sp³-hybridized carbons (Fsp3) is 0.538. The SMILES string of the molecule is CCNCc1cccc(F)c1OCC1CC1. The molecule has 16 heavy (non-hydrogen) atoms. The first-order valence-electron chi connectivity index (χ1n) is 5.92. The topological polar surface area (TPSA) is 21.3 Å². The highest BCUT2D eigenvalue weighted by molar-refractivity contribution is 5.35. The average Bonchev–Trinajstić information content (AvgIpc) is 3.09. The largest absolute Gasteiger partial charge is 0.490 e. The molecule has 1 fully saturated rings. The van der Waals surface area contributed by atoms with Gasteiger partial charge < -0.3 is 10.1 Å². The van der Waals surface area contributed by atoms with Gasteiger partial charge in [0.25, 0.3) is 0 Å². The van der Waals surface area contributed by atoms with Crippen molar-refractivity contribution in [3.8, 4) is 5.75 Å². The summed E-state index contributed by atoms with van der Waals surface area (Å²) in [5, 5.41) is 3.19. The van der Waals surface area contributed by atoms with Crippen molar-refractivity contribution in [1.82, 2.24) is 5.32 Å². The molecule has 1 aromatic carbocycles. The van der Waals surface area contributed by atoms with E-state index in [4.69, 9.17) is 4.74 Å². The molecule has 3 heteroatoms. The second kappa shape index (κ2) is 5.30. The molecule has 0 atom stereocenters. The molecule has 1 saturated carbocycles. The molecule has 1 aliphatic rings. The Kier molecular flexibility index (Phi) is 3.78. The Labute approximate surface area is 95.8 Å². The Bertz CT molecular complexity index is 350. The van der Waals surface area contributed by atoms with Gasteiger partial charge in [-0.2, -0.15) is 0 Å². The molecule has 0 radical (unpaired) electrons. The molecule has 1 aliphatic carbocycles. The Morgan fingerprint density at radius 3 is 2.94 bits per heavy atom. The number of hydrogen-bond acceptors (Lipinski definition) is 2. The lowest BCUT2D eigenvalue weighted by Gasteiger charge is -2.12. The second-order valence-corrected chi connectivity index (χ2v) is 4.26. The fourth-order valence-electron chi connectivity index (χ4n) is 1.60. The Balaban J connectivity index is 2.04. The minimum Gasteiger partial charge on any atom is -0.490 e. The molecule has 2 rings (SSSR count). The van der Waals surface area contributed by atoms with Crippen molar-refractivity contribution in [1.29, 1.82) is 0 Å². The van der Waals surface area contributed by atoms with Crippen molar-refractivity contribution in [2.75, 3.05) is 13.2 Å². The Morgan fingerprint density at radius 2 is 2.25 bits per heavy atom. The average molecular weight is 223 g/mol. The maximum atomic E-state index is 13.6. The van der Waals surface area contributed by atoms with Gasteiger partial charge in [-0.25, -0.2) is 4.39 Å². The molecule has 2 nitrogen and oxygen atoms in total. The summed E-state index contributed by atoms with van der Waals surface area (Å²) in [4.78, 5) is 0. The van der Waals surface area contributed by atoms with Crippen LogP contribution in [0.1, 0.15) is 25.3 Å². The van der Waals surface area contributed by atoms with Crippen LogP contribution >= 0.6 is 0 Å². The van der Waals surface area contributed by atoms with Crippen LogP contribution in [0, 0.1) is 11.7 Å². The molecule has 0 spiro atoms. The Morgan fingerprint density at radius 1 is 1.44 bits per heavy atom. The van der Waals surface area contributed by atoms with Crippen LogP contribution in [0.4, 0.5) is 4.39 Å². The fourth-order valence-corrected chi connectivity index (χ4v) is 1.60. The first-order chi connectivity index (χ1) is 7.81. The minimum absolute atomic E-state index is 0.254. The van der Waals surface area contributed by atoms with Crippen LogP contribution in [-0.2, 0) is 6.54 Å². The van der Waals surface area contributed by atoms with Gasteiger partial charge in [0.2, 0.25) is 0 Å². The van der Waals surface area contributed by atoms with Crippen molar-refractivity contribution in [3.05, 3.63) is 29.6 Å². The molecule has 88 valence electrons. The zero-order valence-corrected chi connectivity index (χ0v) is 9.63. The van der Waals surface area contributed by atoms with E-state index in [0.717, 1.165) is 12.1 Å². The number of hydrogen-bond donors (Lipinski definition) is 1. The molecule has 0 heterocycles. The third kappa shape index (κ3) is 2.95. The van der Waals surface area contributed by atoms with Crippen LogP contribution in [-0.4, -0.2) is 13.2 Å². The van der Waals surface area contributed by atoms with E-state index in [0.29, 0.717) is 24.8 Å². The number of para-hydroxylation sites is 1. The number of rotatable bonds is 6. The summed E-state index contributed by atoms with van der Waals surface area (Å²) in [6.45, 7) is 4.22. The number of benzene rings is 1. The highest BCUT2D eigenvalue weighted by atomic mass is 19.1. The summed E-state index contributed by atoms with van der Waals surface area (Å²) >= 11 is 0. The van der Waals surface area contributed by atoms with Gasteiger partial charge >= 0.3 is 0 Å². The van der Waals surface area contributed by atoms with E-state index in [2.05, 4.69) is 5.32 Å². The van der Waals surface area contributed by atoms with E-state index in [9.17, 15) is 4.39 Å². The van der Waals surface area contributed by atoms with Crippen molar-refractivity contribution < 1.29 is 9.13 Å². The van der Waals surface area contributed by atoms with Crippen LogP contribution in [0.25, 0.3) is 0 Å². The summed E-state index contributed by atoms with van der Waals surface area (Å²) in [6, 6.07) is 5.09. The molecule has 1 N–H and O–H groups in total. The first-order valence-corrected chi connectivity index (χ1v) is 5.92. The summed E-state index contributed by atoms with van der Waals surface area (Å²) in [5.41, 5.74) is 0.905. The summed E-state index contributed by atoms with van der Waals surface area (Å²) in [7, 11) is 0. The van der Waals surface area contributed by atoms with Gasteiger partial charge in [0.1, 0.15) is 0 Å². The highest BCUT2D eigenvalue weighted by Gasteiger charge is 2.23. The van der Waals surface area contributed by atoms with Crippen LogP contribution in [0.3, 0.4) is 0 Å². The van der Waals surface area contributed by atoms with Crippen LogP contribution in [0.2, 0.25) is 0 Å². The standard InChI is InChI=1S/C13H18FNO/c1-2-15-8-11-4-3-5-12(14)13(11)16-9-10-6-7-10/h3-5,10,15H,2,6-9H2,1H3. The Hall–Kier alpha value is -1.09. The predicted molar refractivity (Wildman–Crippen MR) is 62.0 cm³/mol. The minimum atomic E-state index is -0.254. The summed E-state index contributed by atoms with van der Waals surface area (Å²) < 4.78 is 19.2. The smallest absolute Gasteiger partial charge is 0.165 e. The van der Waals surface area contributed by atoms with E-state index in [1.54, 1.807) is 6.07 Å². The van der Waals surface area contributed by atoms with Gasteiger partial charge in [-0.3, -0.25) is 0 Å². The molecule has 0 aromatic heterocycles. The third-order valence-corrected chi connectivity index (χ3v) is 2.77. The van der Waals surface area contributed by atoms with Crippen LogP contribution < -0.4 is 10.1 Å². The number of ether oxygens (including phenoxy) is 1. The van der Waals surface area contributed by atoms with Gasteiger partial charge in [-0.05, 0) is 31.4 Å². The molecule has 0 unspecified atom stereocenters. The van der Waals surface area contributed by atoms with Crippen molar-refractivity contribution in [3.63, 3.8) is 0 Å². The van der Waals surface area contributed by atoms with E-state index >= 15 is 0 Å². The maximum Gasteiger partial charge on any atom is 0.165 e. The van der Waals surface area contributed by atoms with Gasteiger partial charge in [0.15, 0.2) is 11.6 Å². The van der Waals surface area contributed by atoms with E-state index in [1.165, 1.54) is 18.9 Å². The van der Waals surface area contributed by atoms with Crippen LogP contribution in [0.15, 0.2) is 18.2 Å². The zero-order valence-electron chi connectivity index (χ0n) is 9.63. The molecule has 0 saturated heterocycles. The molecule has 1 aromatic rings. The molecular formula is C13H18FNO. The van der Waals surface area contributed by atoms with Gasteiger partial charge in [-0.15, -0.1) is 0 Å². The van der Waals surface area contributed by atoms with Crippen molar-refractivity contribution in [2.45, 2.75) is 26.3 Å². The second-order valence-electron chi connectivity index (χ2n) is 4.26. The molecule has 0 bridgehead atoms. The van der Waals surface area contributed by atoms with Crippen molar-refractivity contribution in [2.24, 2.45) is 5.92 Å². The first kappa shape index (κ1) is 11.4. The quantitative estimate of drug-likeness (QED) is 0.800.